The maximum absolute atomic E-state index is 13.9. The van der Waals surface area contributed by atoms with Gasteiger partial charge >= 0.3 is 0 Å². The Morgan fingerprint density at radius 3 is 2.49 bits per heavy atom. The molecule has 1 fully saturated rings. The highest BCUT2D eigenvalue weighted by molar-refractivity contribution is 7.89. The zero-order valence-corrected chi connectivity index (χ0v) is 25.1. The number of carbonyl (C=O) groups is 1. The molecule has 0 saturated heterocycles. The van der Waals surface area contributed by atoms with Crippen LogP contribution < -0.4 is 9.47 Å². The van der Waals surface area contributed by atoms with Gasteiger partial charge in [-0.2, -0.15) is 4.31 Å². The Labute approximate surface area is 249 Å². The van der Waals surface area contributed by atoms with E-state index in [1.165, 1.54) is 22.5 Å². The first-order valence-electron chi connectivity index (χ1n) is 13.2. The van der Waals surface area contributed by atoms with Crippen molar-refractivity contribution in [3.05, 3.63) is 88.0 Å². The highest BCUT2D eigenvalue weighted by Crippen LogP contribution is 2.35. The van der Waals surface area contributed by atoms with Gasteiger partial charge in [0.2, 0.25) is 15.9 Å². The molecule has 1 aliphatic carbocycles. The summed E-state index contributed by atoms with van der Waals surface area (Å²) in [7, 11) is -0.952. The Bertz CT molecular complexity index is 1670. The van der Waals surface area contributed by atoms with Gasteiger partial charge in [0.05, 0.1) is 25.8 Å². The van der Waals surface area contributed by atoms with Crippen molar-refractivity contribution in [2.75, 3.05) is 27.3 Å². The molecule has 4 aromatic rings. The van der Waals surface area contributed by atoms with E-state index < -0.39 is 10.0 Å². The Morgan fingerprint density at radius 1 is 1.00 bits per heavy atom. The maximum Gasteiger partial charge on any atom is 0.245 e. The van der Waals surface area contributed by atoms with Crippen LogP contribution in [0.15, 0.2) is 71.8 Å². The van der Waals surface area contributed by atoms with Crippen LogP contribution in [0.5, 0.6) is 11.5 Å². The summed E-state index contributed by atoms with van der Waals surface area (Å²) in [5.74, 6) is 0.817. The molecule has 1 amide bonds. The largest absolute Gasteiger partial charge is 0.493 e. The predicted molar refractivity (Wildman–Crippen MR) is 160 cm³/mol. The van der Waals surface area contributed by atoms with Crippen molar-refractivity contribution in [1.82, 2.24) is 14.2 Å². The molecule has 8 nitrogen and oxygen atoms in total. The van der Waals surface area contributed by atoms with Gasteiger partial charge in [-0.25, -0.2) is 8.42 Å². The average Bonchev–Trinajstić information content (AvgIpc) is 3.73. The molecule has 1 aliphatic rings. The number of halogens is 2. The van der Waals surface area contributed by atoms with Gasteiger partial charge < -0.3 is 19.4 Å². The molecular weight excluding hydrogens is 585 g/mol. The zero-order valence-electron chi connectivity index (χ0n) is 22.8. The number of sulfonamides is 1. The molecule has 1 heterocycles. The lowest BCUT2D eigenvalue weighted by molar-refractivity contribution is -0.132. The van der Waals surface area contributed by atoms with Gasteiger partial charge in [-0.1, -0.05) is 47.5 Å². The van der Waals surface area contributed by atoms with Crippen molar-refractivity contribution in [1.29, 1.82) is 0 Å². The van der Waals surface area contributed by atoms with E-state index >= 15 is 0 Å². The fourth-order valence-corrected chi connectivity index (χ4v) is 7.27. The number of para-hydroxylation sites is 1. The van der Waals surface area contributed by atoms with Crippen LogP contribution in [0.3, 0.4) is 0 Å². The molecule has 0 spiro atoms. The van der Waals surface area contributed by atoms with Crippen LogP contribution in [-0.4, -0.2) is 61.9 Å². The summed E-state index contributed by atoms with van der Waals surface area (Å²) in [6.45, 7) is 0.334. The topological polar surface area (TPSA) is 91.9 Å². The van der Waals surface area contributed by atoms with Gasteiger partial charge in [0.1, 0.15) is 4.90 Å². The molecule has 5 rings (SSSR count). The molecule has 0 bridgehead atoms. The van der Waals surface area contributed by atoms with Crippen molar-refractivity contribution in [3.8, 4) is 11.5 Å². The molecule has 11 heteroatoms. The summed E-state index contributed by atoms with van der Waals surface area (Å²) in [6, 6.07) is 17.5. The third-order valence-electron chi connectivity index (χ3n) is 7.23. The van der Waals surface area contributed by atoms with Crippen LogP contribution in [-0.2, 0) is 27.8 Å². The fraction of sp³-hybridized carbons (Fsp3) is 0.300. The number of ether oxygens (including phenoxy) is 2. The number of carbonyl (C=O) groups excluding carboxylic acids is 1. The lowest BCUT2D eigenvalue weighted by Crippen LogP contribution is -2.44. The third kappa shape index (κ3) is 6.48. The molecule has 216 valence electrons. The minimum absolute atomic E-state index is 0.0639. The van der Waals surface area contributed by atoms with Gasteiger partial charge in [-0.3, -0.25) is 4.79 Å². The number of nitrogens with zero attached hydrogens (tertiary/aromatic N) is 2. The van der Waals surface area contributed by atoms with Crippen LogP contribution in [0.4, 0.5) is 0 Å². The van der Waals surface area contributed by atoms with Gasteiger partial charge in [0.25, 0.3) is 0 Å². The van der Waals surface area contributed by atoms with E-state index in [2.05, 4.69) is 4.98 Å². The monoisotopic (exact) mass is 615 g/mol. The average molecular weight is 617 g/mol. The Kier molecular flexibility index (Phi) is 8.79. The first-order valence-corrected chi connectivity index (χ1v) is 15.4. The molecule has 1 N–H and O–H groups in total. The quantitative estimate of drug-likeness (QED) is 0.214. The number of rotatable bonds is 12. The number of amides is 1. The minimum Gasteiger partial charge on any atom is -0.493 e. The highest BCUT2D eigenvalue weighted by Gasteiger charge is 2.41. The first kappa shape index (κ1) is 29.3. The highest BCUT2D eigenvalue weighted by atomic mass is 35.5. The number of hydrogen-bond donors (Lipinski definition) is 1. The molecule has 3 aromatic carbocycles. The van der Waals surface area contributed by atoms with Crippen LogP contribution in [0, 0.1) is 0 Å². The summed E-state index contributed by atoms with van der Waals surface area (Å²) in [6.07, 6.45) is 3.89. The fourth-order valence-electron chi connectivity index (χ4n) is 4.89. The Balaban J connectivity index is 1.43. The van der Waals surface area contributed by atoms with Crippen LogP contribution in [0.25, 0.3) is 10.9 Å². The van der Waals surface area contributed by atoms with Gasteiger partial charge in [-0.15, -0.1) is 0 Å². The zero-order chi connectivity index (χ0) is 29.1. The molecule has 1 aromatic heterocycles. The van der Waals surface area contributed by atoms with Gasteiger partial charge in [-0.05, 0) is 66.8 Å². The van der Waals surface area contributed by atoms with Crippen molar-refractivity contribution >= 4 is 50.0 Å². The molecule has 0 aliphatic heterocycles. The summed E-state index contributed by atoms with van der Waals surface area (Å²) >= 11 is 12.4. The van der Waals surface area contributed by atoms with Crippen LogP contribution in [0.1, 0.15) is 24.0 Å². The van der Waals surface area contributed by atoms with E-state index in [4.69, 9.17) is 32.7 Å². The normalized spacial score (nSPS) is 13.5. The number of methoxy groups -OCH3 is 2. The summed E-state index contributed by atoms with van der Waals surface area (Å²) in [5, 5.41) is 1.40. The molecular formula is C30H31Cl2N3O5S. The van der Waals surface area contributed by atoms with Crippen LogP contribution >= 0.6 is 23.2 Å². The van der Waals surface area contributed by atoms with E-state index in [0.29, 0.717) is 37.3 Å². The van der Waals surface area contributed by atoms with Crippen molar-refractivity contribution in [2.24, 2.45) is 0 Å². The van der Waals surface area contributed by atoms with E-state index in [0.717, 1.165) is 22.0 Å². The second-order valence-electron chi connectivity index (χ2n) is 9.97. The number of hydrogen-bond acceptors (Lipinski definition) is 5. The first-order chi connectivity index (χ1) is 19.7. The lowest BCUT2D eigenvalue weighted by Gasteiger charge is -2.28. The smallest absolute Gasteiger partial charge is 0.245 e. The standard InChI is InChI=1S/C30H31Cl2N3O5S/c1-39-27-12-7-20(15-28(27)40-2)18-34(14-13-21-17-33-26-6-4-3-5-24(21)26)30(36)19-35(23-9-10-23)41(37,38)29-16-22(31)8-11-25(29)32/h3-8,11-12,15-17,23,33H,9-10,13-14,18-19H2,1-2H3. The Hall–Kier alpha value is -3.24. The molecule has 0 unspecified atom stereocenters. The molecule has 1 saturated carbocycles. The molecule has 0 radical (unpaired) electrons. The summed E-state index contributed by atoms with van der Waals surface area (Å²) in [4.78, 5) is 18.8. The number of fused-ring (bicyclic) bond motifs is 1. The number of aromatic nitrogens is 1. The van der Waals surface area contributed by atoms with Crippen molar-refractivity contribution in [2.45, 2.75) is 36.7 Å². The summed E-state index contributed by atoms with van der Waals surface area (Å²) in [5.41, 5.74) is 2.92. The van der Waals surface area contributed by atoms with E-state index in [1.54, 1.807) is 25.2 Å². The molecule has 41 heavy (non-hydrogen) atoms. The second kappa shape index (κ2) is 12.3. The number of aromatic amines is 1. The minimum atomic E-state index is -4.07. The summed E-state index contributed by atoms with van der Waals surface area (Å²) < 4.78 is 39.5. The SMILES string of the molecule is COc1ccc(CN(CCc2c[nH]c3ccccc23)C(=O)CN(C2CC2)S(=O)(=O)c2cc(Cl)ccc2Cl)cc1OC. The van der Waals surface area contributed by atoms with E-state index in [1.807, 2.05) is 42.6 Å². The second-order valence-corrected chi connectivity index (χ2v) is 12.7. The van der Waals surface area contributed by atoms with Gasteiger partial charge in [0, 0.05) is 41.3 Å². The maximum atomic E-state index is 13.9. The number of nitrogens with one attached hydrogen (secondary N) is 1. The lowest BCUT2D eigenvalue weighted by atomic mass is 10.1. The van der Waals surface area contributed by atoms with Crippen molar-refractivity contribution < 1.29 is 22.7 Å². The molecule has 0 atom stereocenters. The predicted octanol–water partition coefficient (Wildman–Crippen LogP) is 5.92. The Morgan fingerprint density at radius 2 is 1.76 bits per heavy atom. The van der Waals surface area contributed by atoms with Gasteiger partial charge in [0.15, 0.2) is 11.5 Å². The van der Waals surface area contributed by atoms with E-state index in [-0.39, 0.29) is 40.0 Å². The number of benzene rings is 3. The third-order valence-corrected chi connectivity index (χ3v) is 9.84. The van der Waals surface area contributed by atoms with Crippen molar-refractivity contribution in [3.63, 3.8) is 0 Å². The number of H-pyrrole nitrogens is 1. The van der Waals surface area contributed by atoms with Crippen LogP contribution in [0.2, 0.25) is 10.0 Å². The van der Waals surface area contributed by atoms with E-state index in [9.17, 15) is 13.2 Å².